The Bertz CT molecular complexity index is 3120. The van der Waals surface area contributed by atoms with E-state index in [0.717, 1.165) is 10.9 Å². The Labute approximate surface area is 560 Å². The van der Waals surface area contributed by atoms with Crippen molar-refractivity contribution in [1.29, 1.82) is 0 Å². The van der Waals surface area contributed by atoms with Crippen molar-refractivity contribution >= 4 is 87.7 Å². The van der Waals surface area contributed by atoms with Gasteiger partial charge in [-0.3, -0.25) is 62.5 Å². The molecular weight excluding hydrogens is 1240 g/mol. The monoisotopic (exact) mass is 1340 g/mol. The number of fused-ring (bicyclic) bond motifs is 1. The number of para-hydroxylation sites is 1. The number of hydrogen-bond acceptors (Lipinski definition) is 16. The Kier molecular flexibility index (Phi) is 34.5. The van der Waals surface area contributed by atoms with Crippen LogP contribution >= 0.6 is 0 Å². The molecule has 12 amide bonds. The van der Waals surface area contributed by atoms with E-state index in [-0.39, 0.29) is 88.2 Å². The molecule has 2 aromatic carbocycles. The van der Waals surface area contributed by atoms with Crippen LogP contribution in [0, 0.1) is 17.8 Å². The second kappa shape index (κ2) is 40.9. The van der Waals surface area contributed by atoms with Crippen LogP contribution in [-0.2, 0) is 70.4 Å². The van der Waals surface area contributed by atoms with Crippen molar-refractivity contribution in [2.24, 2.45) is 51.4 Å². The summed E-state index contributed by atoms with van der Waals surface area (Å²) in [7, 11) is 0. The third-order valence-corrected chi connectivity index (χ3v) is 15.4. The summed E-state index contributed by atoms with van der Waals surface area (Å²) in [6.07, 6.45) is 1.81. The smallest absolute Gasteiger partial charge is 0.243 e. The third-order valence-electron chi connectivity index (χ3n) is 15.4. The maximum atomic E-state index is 14.5. The standard InChI is InChI=1S/C65H104N18O13/c1-34(2)27-48(60(92)75-37(7)55(87)73-33-52(85)77-45(24-18-26-71-65(69)70)58(90)79-47(54(68)86)31-42-32-72-44-22-15-14-21-43(42)44)81-59(91)46(23-16-17-25-66)78-61(93)49(28-35(3)4)82-62(94)50(29-36(5)6)83-63(95)51(30-41-19-12-11-13-20-41)80-57(89)39(9)74-56(88)38(8)76-64(96)53(67)40(10)84/h11-15,19-22,32,34-40,45-51,53,72,84H,16-18,23-31,33,66-67H2,1-10H3,(H2,68,86)(H,73,87)(H,74,88)(H,75,92)(H,76,96)(H,77,85)(H,78,93)(H,79,90)(H,80,89)(H,81,91)(H,82,94)(H,83,95)(H4,69,70,71)/t37-,38-,39-,40+,45-,46-,47-,48-,49-,50-,51-,53-/m0/s1. The van der Waals surface area contributed by atoms with Crippen LogP contribution in [-0.4, -0.2) is 179 Å². The number of nitrogens with one attached hydrogen (secondary N) is 12. The topological polar surface area (TPSA) is 516 Å². The number of aliphatic hydroxyl groups excluding tert-OH is 1. The molecule has 0 aliphatic rings. The number of hydrogen-bond donors (Lipinski definition) is 18. The van der Waals surface area contributed by atoms with Gasteiger partial charge in [-0.05, 0) is 121 Å². The van der Waals surface area contributed by atoms with Crippen LogP contribution in [0.5, 0.6) is 0 Å². The molecule has 0 radical (unpaired) electrons. The molecule has 0 aliphatic heterocycles. The molecular formula is C65H104N18O13. The zero-order valence-corrected chi connectivity index (χ0v) is 56.8. The van der Waals surface area contributed by atoms with E-state index in [1.54, 1.807) is 50.4 Å². The maximum absolute atomic E-state index is 14.5. The van der Waals surface area contributed by atoms with Crippen molar-refractivity contribution < 1.29 is 62.6 Å². The average molecular weight is 1350 g/mol. The molecule has 0 spiro atoms. The third kappa shape index (κ3) is 28.8. The summed E-state index contributed by atoms with van der Waals surface area (Å²) in [4.78, 5) is 171. The summed E-state index contributed by atoms with van der Waals surface area (Å²) in [5, 5.41) is 39.4. The van der Waals surface area contributed by atoms with E-state index in [1.165, 1.54) is 27.7 Å². The Morgan fingerprint density at radius 3 is 1.42 bits per heavy atom. The van der Waals surface area contributed by atoms with Gasteiger partial charge in [-0.2, -0.15) is 0 Å². The number of aliphatic hydroxyl groups is 1. The zero-order chi connectivity index (χ0) is 71.9. The molecule has 3 aromatic rings. The number of primary amides is 1. The number of H-pyrrole nitrogens is 1. The number of aliphatic imine (C=N–C) groups is 1. The van der Waals surface area contributed by atoms with Gasteiger partial charge in [0.2, 0.25) is 70.9 Å². The van der Waals surface area contributed by atoms with Gasteiger partial charge in [0, 0.05) is 36.5 Å². The molecule has 0 aliphatic carbocycles. The van der Waals surface area contributed by atoms with Gasteiger partial charge in [-0.1, -0.05) is 90.1 Å². The summed E-state index contributed by atoms with van der Waals surface area (Å²) in [6, 6.07) is 2.29. The normalized spacial score (nSPS) is 15.0. The quantitative estimate of drug-likeness (QED) is 0.0158. The number of aromatic nitrogens is 1. The maximum Gasteiger partial charge on any atom is 0.243 e. The van der Waals surface area contributed by atoms with E-state index in [2.05, 4.69) is 68.5 Å². The second-order valence-corrected chi connectivity index (χ2v) is 25.4. The Morgan fingerprint density at radius 2 is 0.896 bits per heavy atom. The van der Waals surface area contributed by atoms with Gasteiger partial charge < -0.3 is 97.2 Å². The lowest BCUT2D eigenvalue weighted by Gasteiger charge is -2.29. The molecule has 532 valence electrons. The Hall–Kier alpha value is -9.23. The van der Waals surface area contributed by atoms with Crippen LogP contribution in [0.25, 0.3) is 10.9 Å². The van der Waals surface area contributed by atoms with Crippen LogP contribution in [0.1, 0.15) is 132 Å². The molecule has 0 fully saturated rings. The minimum Gasteiger partial charge on any atom is -0.391 e. The lowest BCUT2D eigenvalue weighted by atomic mass is 9.98. The predicted octanol–water partition coefficient (Wildman–Crippen LogP) is -2.51. The van der Waals surface area contributed by atoms with Crippen LogP contribution in [0.2, 0.25) is 0 Å². The lowest BCUT2D eigenvalue weighted by molar-refractivity contribution is -0.136. The number of rotatable bonds is 42. The van der Waals surface area contributed by atoms with Gasteiger partial charge in [0.15, 0.2) is 5.96 Å². The van der Waals surface area contributed by atoms with E-state index < -0.39 is 150 Å². The highest BCUT2D eigenvalue weighted by Crippen LogP contribution is 2.20. The summed E-state index contributed by atoms with van der Waals surface area (Å²) in [6.45, 7) is 16.0. The summed E-state index contributed by atoms with van der Waals surface area (Å²) in [5.74, 6) is -10.1. The predicted molar refractivity (Wildman–Crippen MR) is 362 cm³/mol. The van der Waals surface area contributed by atoms with Gasteiger partial charge in [0.25, 0.3) is 0 Å². The highest BCUT2D eigenvalue weighted by atomic mass is 16.3. The minimum atomic E-state index is -1.31. The Morgan fingerprint density at radius 1 is 0.469 bits per heavy atom. The number of guanidine groups is 1. The summed E-state index contributed by atoms with van der Waals surface area (Å²) >= 11 is 0. The molecule has 0 saturated carbocycles. The number of amides is 12. The summed E-state index contributed by atoms with van der Waals surface area (Å²) in [5.41, 5.74) is 30.4. The molecule has 0 saturated heterocycles. The number of carbonyl (C=O) groups is 12. The first-order valence-corrected chi connectivity index (χ1v) is 32.6. The molecule has 31 nitrogen and oxygen atoms in total. The van der Waals surface area contributed by atoms with Crippen molar-refractivity contribution in [2.75, 3.05) is 19.6 Å². The van der Waals surface area contributed by atoms with E-state index >= 15 is 0 Å². The highest BCUT2D eigenvalue weighted by Gasteiger charge is 2.36. The molecule has 23 N–H and O–H groups in total. The van der Waals surface area contributed by atoms with Gasteiger partial charge in [-0.15, -0.1) is 0 Å². The molecule has 3 rings (SSSR count). The molecule has 96 heavy (non-hydrogen) atoms. The number of carbonyl (C=O) groups excluding carboxylic acids is 12. The number of aromatic amines is 1. The lowest BCUT2D eigenvalue weighted by Crippen LogP contribution is -2.60. The van der Waals surface area contributed by atoms with Crippen molar-refractivity contribution in [3.05, 3.63) is 71.9 Å². The van der Waals surface area contributed by atoms with E-state index in [9.17, 15) is 62.6 Å². The van der Waals surface area contributed by atoms with Crippen molar-refractivity contribution in [2.45, 2.75) is 206 Å². The van der Waals surface area contributed by atoms with Gasteiger partial charge >= 0.3 is 0 Å². The summed E-state index contributed by atoms with van der Waals surface area (Å²) < 4.78 is 0. The first-order chi connectivity index (χ1) is 45.2. The second-order valence-electron chi connectivity index (χ2n) is 25.4. The van der Waals surface area contributed by atoms with E-state index in [1.807, 2.05) is 52.0 Å². The highest BCUT2D eigenvalue weighted by molar-refractivity contribution is 5.99. The zero-order valence-electron chi connectivity index (χ0n) is 56.8. The van der Waals surface area contributed by atoms with Gasteiger partial charge in [0.1, 0.15) is 66.5 Å². The van der Waals surface area contributed by atoms with Crippen LogP contribution in [0.3, 0.4) is 0 Å². The van der Waals surface area contributed by atoms with E-state index in [4.69, 9.17) is 28.7 Å². The number of nitrogens with zero attached hydrogens (tertiary/aromatic N) is 1. The fraction of sp³-hybridized carbons (Fsp3) is 0.585. The molecule has 12 atom stereocenters. The van der Waals surface area contributed by atoms with Crippen molar-refractivity contribution in [3.63, 3.8) is 0 Å². The van der Waals surface area contributed by atoms with Crippen LogP contribution in [0.4, 0.5) is 0 Å². The van der Waals surface area contributed by atoms with Crippen molar-refractivity contribution in [1.82, 2.24) is 63.5 Å². The fourth-order valence-electron chi connectivity index (χ4n) is 10.0. The Balaban J connectivity index is 1.77. The van der Waals surface area contributed by atoms with Crippen molar-refractivity contribution in [3.8, 4) is 0 Å². The van der Waals surface area contributed by atoms with Gasteiger partial charge in [0.05, 0.1) is 12.6 Å². The SMILES string of the molecule is CC(C)C[C@H](NC(=O)[C@H](CCCCN)NC(=O)[C@H](CC(C)C)NC(=O)[C@H](CC(C)C)NC(=O)[C@H](Cc1ccccc1)NC(=O)[C@H](C)NC(=O)[C@H](C)NC(=O)[C@@H](N)[C@@H](C)O)C(=O)N[C@@H](C)C(=O)NCC(=O)N[C@@H](CCCN=C(N)N)C(=O)N[C@@H](Cc1c[nH]c2ccccc12)C(N)=O. The molecule has 31 heteroatoms. The molecule has 0 unspecified atom stereocenters. The van der Waals surface area contributed by atoms with Gasteiger partial charge in [-0.25, -0.2) is 0 Å². The minimum absolute atomic E-state index is 0.00887. The van der Waals surface area contributed by atoms with Crippen LogP contribution < -0.4 is 87.2 Å². The first kappa shape index (κ1) is 81.0. The molecule has 0 bridgehead atoms. The number of nitrogens with two attached hydrogens (primary N) is 5. The van der Waals surface area contributed by atoms with Crippen LogP contribution in [0.15, 0.2) is 65.8 Å². The number of benzene rings is 2. The fourth-order valence-corrected chi connectivity index (χ4v) is 10.0. The average Bonchev–Trinajstić information content (AvgIpc) is 1.64. The molecule has 1 heterocycles. The van der Waals surface area contributed by atoms with E-state index in [0.29, 0.717) is 24.0 Å². The first-order valence-electron chi connectivity index (χ1n) is 32.6. The molecule has 1 aromatic heterocycles. The largest absolute Gasteiger partial charge is 0.391 e. The number of unbranched alkanes of at least 4 members (excludes halogenated alkanes) is 1.